The number of hydrogen-bond donors (Lipinski definition) is 2. The number of benzene rings is 5. The molecule has 6 heteroatoms. The van der Waals surface area contributed by atoms with Crippen molar-refractivity contribution in [2.75, 3.05) is 5.73 Å². The molecule has 0 fully saturated rings. The van der Waals surface area contributed by atoms with Crippen molar-refractivity contribution in [2.45, 2.75) is 32.1 Å². The predicted octanol–water partition coefficient (Wildman–Crippen LogP) is 7.45. The zero-order valence-corrected chi connectivity index (χ0v) is 24.5. The first-order valence-electron chi connectivity index (χ1n) is 15.0. The molecular formula is C38H32N4O2. The van der Waals surface area contributed by atoms with Crippen molar-refractivity contribution >= 4 is 28.7 Å². The fraction of sp³-hybridized carbons (Fsp3) is 0.132. The maximum Gasteiger partial charge on any atom is 0.229 e. The van der Waals surface area contributed by atoms with Gasteiger partial charge in [0.2, 0.25) is 11.9 Å². The third-order valence-electron chi connectivity index (χ3n) is 8.67. The van der Waals surface area contributed by atoms with Gasteiger partial charge in [-0.05, 0) is 70.0 Å². The van der Waals surface area contributed by atoms with Gasteiger partial charge < -0.3 is 11.5 Å². The Bertz CT molecular complexity index is 2080. The second-order valence-corrected chi connectivity index (χ2v) is 11.3. The predicted molar refractivity (Wildman–Crippen MR) is 176 cm³/mol. The summed E-state index contributed by atoms with van der Waals surface area (Å²) in [6.07, 6.45) is 2.42. The summed E-state index contributed by atoms with van der Waals surface area (Å²) in [5.41, 5.74) is 22.3. The minimum absolute atomic E-state index is 0.128. The maximum atomic E-state index is 15.0. The number of unbranched alkanes of at least 4 members (excludes halogenated alkanes) is 1. The number of anilines is 1. The summed E-state index contributed by atoms with van der Waals surface area (Å²) in [6.45, 7) is 2.13. The van der Waals surface area contributed by atoms with Crippen molar-refractivity contribution in [1.29, 1.82) is 0 Å². The number of hydrogen-bond acceptors (Lipinski definition) is 4. The van der Waals surface area contributed by atoms with Gasteiger partial charge in [-0.3, -0.25) is 14.2 Å². The van der Waals surface area contributed by atoms with Gasteiger partial charge in [0.15, 0.2) is 5.78 Å². The van der Waals surface area contributed by atoms with Crippen molar-refractivity contribution in [3.63, 3.8) is 0 Å². The highest BCUT2D eigenvalue weighted by Gasteiger charge is 2.38. The Labute approximate surface area is 256 Å². The molecule has 5 aromatic carbocycles. The Balaban J connectivity index is 1.60. The lowest BCUT2D eigenvalue weighted by molar-refractivity contribution is -0.118. The van der Waals surface area contributed by atoms with E-state index in [2.05, 4.69) is 11.9 Å². The van der Waals surface area contributed by atoms with E-state index in [1.165, 1.54) is 0 Å². The number of carbonyl (C=O) groups is 2. The van der Waals surface area contributed by atoms with Gasteiger partial charge in [0.1, 0.15) is 0 Å². The topological polar surface area (TPSA) is 104 Å². The number of nitrogen functional groups attached to an aromatic ring is 1. The molecule has 0 spiro atoms. The van der Waals surface area contributed by atoms with Gasteiger partial charge in [0, 0.05) is 11.1 Å². The number of aromatic nitrogens is 2. The van der Waals surface area contributed by atoms with Crippen LogP contribution in [0.15, 0.2) is 109 Å². The molecule has 6 nitrogen and oxygen atoms in total. The number of amides is 1. The first-order valence-corrected chi connectivity index (χ1v) is 15.0. The number of primary amides is 1. The Morgan fingerprint density at radius 1 is 0.795 bits per heavy atom. The quantitative estimate of drug-likeness (QED) is 0.184. The van der Waals surface area contributed by atoms with E-state index in [0.29, 0.717) is 23.2 Å². The van der Waals surface area contributed by atoms with Gasteiger partial charge in [0.05, 0.1) is 22.6 Å². The largest absolute Gasteiger partial charge is 0.369 e. The first-order chi connectivity index (χ1) is 21.5. The van der Waals surface area contributed by atoms with Crippen LogP contribution in [0.25, 0.3) is 39.0 Å². The average molecular weight is 577 g/mol. The van der Waals surface area contributed by atoms with Crippen LogP contribution in [0.4, 0.5) is 5.95 Å². The van der Waals surface area contributed by atoms with E-state index in [-0.39, 0.29) is 11.7 Å². The summed E-state index contributed by atoms with van der Waals surface area (Å²) >= 11 is 0. The third-order valence-corrected chi connectivity index (χ3v) is 8.67. The summed E-state index contributed by atoms with van der Waals surface area (Å²) < 4.78 is 1.89. The van der Waals surface area contributed by atoms with Gasteiger partial charge in [-0.2, -0.15) is 0 Å². The highest BCUT2D eigenvalue weighted by Crippen LogP contribution is 2.50. The lowest BCUT2D eigenvalue weighted by Crippen LogP contribution is -2.23. The Hall–Kier alpha value is -5.49. The van der Waals surface area contributed by atoms with Crippen molar-refractivity contribution in [1.82, 2.24) is 9.55 Å². The second kappa shape index (κ2) is 11.0. The molecule has 1 amide bonds. The van der Waals surface area contributed by atoms with E-state index in [1.54, 1.807) is 0 Å². The van der Waals surface area contributed by atoms with E-state index in [0.717, 1.165) is 62.8 Å². The molecule has 4 N–H and O–H groups in total. The van der Waals surface area contributed by atoms with Crippen LogP contribution in [0, 0.1) is 0 Å². The number of rotatable bonds is 8. The smallest absolute Gasteiger partial charge is 0.229 e. The van der Waals surface area contributed by atoms with E-state index in [1.807, 2.05) is 114 Å². The molecule has 44 heavy (non-hydrogen) atoms. The molecule has 216 valence electrons. The normalized spacial score (nSPS) is 13.5. The third kappa shape index (κ3) is 4.30. The van der Waals surface area contributed by atoms with Crippen molar-refractivity contribution in [2.24, 2.45) is 5.73 Å². The molecule has 0 saturated heterocycles. The van der Waals surface area contributed by atoms with E-state index in [4.69, 9.17) is 11.5 Å². The van der Waals surface area contributed by atoms with Crippen LogP contribution in [-0.4, -0.2) is 21.2 Å². The second-order valence-electron chi connectivity index (χ2n) is 11.3. The zero-order valence-electron chi connectivity index (χ0n) is 24.5. The molecule has 1 aliphatic rings. The SMILES string of the molecule is CCCCc1c2c(cc(C(=O)c3ccccc3-c3ccccc3)c1-n1c(N)nc3ccccc31)-c1ccccc1C2C(N)=O. The minimum Gasteiger partial charge on any atom is -0.369 e. The summed E-state index contributed by atoms with van der Waals surface area (Å²) in [4.78, 5) is 32.8. The van der Waals surface area contributed by atoms with Crippen LogP contribution in [-0.2, 0) is 11.2 Å². The molecule has 1 atom stereocenters. The van der Waals surface area contributed by atoms with E-state index >= 15 is 0 Å². The fourth-order valence-electron chi connectivity index (χ4n) is 6.75. The van der Waals surface area contributed by atoms with Gasteiger partial charge in [-0.25, -0.2) is 4.98 Å². The van der Waals surface area contributed by atoms with Crippen LogP contribution in [0.1, 0.15) is 58.3 Å². The highest BCUT2D eigenvalue weighted by atomic mass is 16.1. The van der Waals surface area contributed by atoms with Gasteiger partial charge in [-0.15, -0.1) is 0 Å². The summed E-state index contributed by atoms with van der Waals surface area (Å²) in [5, 5.41) is 0. The molecule has 1 aliphatic carbocycles. The molecule has 0 bridgehead atoms. The molecule has 0 aliphatic heterocycles. The monoisotopic (exact) mass is 576 g/mol. The van der Waals surface area contributed by atoms with Crippen LogP contribution in [0.2, 0.25) is 0 Å². The number of nitrogens with zero attached hydrogens (tertiary/aromatic N) is 2. The Kier molecular flexibility index (Phi) is 6.82. The number of ketones is 1. The lowest BCUT2D eigenvalue weighted by Gasteiger charge is -2.23. The number of imidazole rings is 1. The maximum absolute atomic E-state index is 15.0. The molecule has 1 aromatic heterocycles. The van der Waals surface area contributed by atoms with Crippen molar-refractivity contribution < 1.29 is 9.59 Å². The first kappa shape index (κ1) is 27.3. The molecule has 7 rings (SSSR count). The molecule has 1 unspecified atom stereocenters. The molecule has 0 saturated carbocycles. The summed E-state index contributed by atoms with van der Waals surface area (Å²) in [6, 6.07) is 35.2. The average Bonchev–Trinajstić information content (AvgIpc) is 3.57. The van der Waals surface area contributed by atoms with Crippen LogP contribution < -0.4 is 11.5 Å². The number of fused-ring (bicyclic) bond motifs is 4. The Morgan fingerprint density at radius 3 is 2.25 bits per heavy atom. The zero-order chi connectivity index (χ0) is 30.4. The van der Waals surface area contributed by atoms with Crippen LogP contribution in [0.3, 0.4) is 0 Å². The van der Waals surface area contributed by atoms with Gasteiger partial charge in [0.25, 0.3) is 0 Å². The lowest BCUT2D eigenvalue weighted by atomic mass is 9.84. The van der Waals surface area contributed by atoms with Crippen molar-refractivity contribution in [3.8, 4) is 27.9 Å². The van der Waals surface area contributed by atoms with Crippen LogP contribution in [0.5, 0.6) is 0 Å². The number of carbonyl (C=O) groups excluding carboxylic acids is 2. The van der Waals surface area contributed by atoms with E-state index in [9.17, 15) is 9.59 Å². The van der Waals surface area contributed by atoms with Gasteiger partial charge >= 0.3 is 0 Å². The number of para-hydroxylation sites is 2. The standard InChI is InChI=1S/C38H32N4O2/c1-2-3-15-28-33-29(25-17-8-9-18-26(25)34(33)37(39)44)22-30(35(28)42-32-21-12-11-20-31(32)41-38(42)40)36(43)27-19-10-7-16-24(27)23-13-5-4-6-14-23/h4-14,16-22,34H,2-3,15H2,1H3,(H2,39,44)(H2,40,41). The van der Waals surface area contributed by atoms with Crippen molar-refractivity contribution in [3.05, 3.63) is 137 Å². The highest BCUT2D eigenvalue weighted by molar-refractivity contribution is 6.16. The molecular weight excluding hydrogens is 544 g/mol. The van der Waals surface area contributed by atoms with Gasteiger partial charge in [-0.1, -0.05) is 104 Å². The number of nitrogens with two attached hydrogens (primary N) is 2. The van der Waals surface area contributed by atoms with E-state index < -0.39 is 11.8 Å². The fourth-order valence-corrected chi connectivity index (χ4v) is 6.75. The summed E-state index contributed by atoms with van der Waals surface area (Å²) in [7, 11) is 0. The molecule has 1 heterocycles. The molecule has 0 radical (unpaired) electrons. The minimum atomic E-state index is -0.636. The van der Waals surface area contributed by atoms with Crippen LogP contribution >= 0.6 is 0 Å². The Morgan fingerprint density at radius 2 is 1.48 bits per heavy atom. The molecule has 6 aromatic rings. The summed E-state index contributed by atoms with van der Waals surface area (Å²) in [5.74, 6) is -0.905.